The first-order chi connectivity index (χ1) is 6.84. The SMILES string of the molecule is O=c1cc2c3c(cccc3[nH]1)OCC2. The number of aromatic amines is 1. The first kappa shape index (κ1) is 7.62. The zero-order valence-electron chi connectivity index (χ0n) is 7.54. The van der Waals surface area contributed by atoms with Crippen LogP contribution >= 0.6 is 0 Å². The number of aromatic nitrogens is 1. The van der Waals surface area contributed by atoms with Crippen molar-refractivity contribution in [2.45, 2.75) is 6.42 Å². The predicted octanol–water partition coefficient (Wildman–Crippen LogP) is 1.46. The number of nitrogens with one attached hydrogen (secondary N) is 1. The zero-order valence-corrected chi connectivity index (χ0v) is 7.54. The van der Waals surface area contributed by atoms with Gasteiger partial charge in [0.1, 0.15) is 5.75 Å². The average molecular weight is 187 g/mol. The monoisotopic (exact) mass is 187 g/mol. The van der Waals surface area contributed by atoms with Crippen LogP contribution in [0.5, 0.6) is 5.75 Å². The first-order valence-corrected chi connectivity index (χ1v) is 4.62. The molecule has 0 fully saturated rings. The van der Waals surface area contributed by atoms with Gasteiger partial charge in [0.25, 0.3) is 0 Å². The molecule has 0 bridgehead atoms. The van der Waals surface area contributed by atoms with Crippen molar-refractivity contribution in [3.63, 3.8) is 0 Å². The summed E-state index contributed by atoms with van der Waals surface area (Å²) in [5.41, 5.74) is 1.92. The van der Waals surface area contributed by atoms with E-state index in [0.717, 1.165) is 28.6 Å². The van der Waals surface area contributed by atoms with E-state index in [0.29, 0.717) is 6.61 Å². The standard InChI is InChI=1S/C11H9NO2/c13-10-6-7-4-5-14-9-3-1-2-8(12-10)11(7)9/h1-3,6H,4-5H2,(H,12,13). The number of hydrogen-bond donors (Lipinski definition) is 1. The van der Waals surface area contributed by atoms with Crippen molar-refractivity contribution in [2.24, 2.45) is 0 Å². The molecule has 1 N–H and O–H groups in total. The third kappa shape index (κ3) is 0.954. The third-order valence-electron chi connectivity index (χ3n) is 2.54. The van der Waals surface area contributed by atoms with Gasteiger partial charge in [-0.2, -0.15) is 0 Å². The van der Waals surface area contributed by atoms with Gasteiger partial charge in [-0.3, -0.25) is 4.79 Å². The van der Waals surface area contributed by atoms with Crippen molar-refractivity contribution >= 4 is 10.9 Å². The molecule has 1 aliphatic rings. The smallest absolute Gasteiger partial charge is 0.248 e. The Labute approximate surface area is 80.3 Å². The summed E-state index contributed by atoms with van der Waals surface area (Å²) in [6, 6.07) is 7.39. The number of pyridine rings is 1. The summed E-state index contributed by atoms with van der Waals surface area (Å²) in [7, 11) is 0. The quantitative estimate of drug-likeness (QED) is 0.678. The van der Waals surface area contributed by atoms with Crippen LogP contribution in [0.15, 0.2) is 29.1 Å². The van der Waals surface area contributed by atoms with E-state index >= 15 is 0 Å². The highest BCUT2D eigenvalue weighted by atomic mass is 16.5. The van der Waals surface area contributed by atoms with E-state index < -0.39 is 0 Å². The number of hydrogen-bond acceptors (Lipinski definition) is 2. The Morgan fingerprint density at radius 3 is 3.21 bits per heavy atom. The molecule has 3 heteroatoms. The van der Waals surface area contributed by atoms with Crippen LogP contribution in [0.4, 0.5) is 0 Å². The molecule has 3 nitrogen and oxygen atoms in total. The Morgan fingerprint density at radius 2 is 2.29 bits per heavy atom. The number of ether oxygens (including phenoxy) is 1. The van der Waals surface area contributed by atoms with Crippen molar-refractivity contribution in [3.05, 3.63) is 40.2 Å². The molecule has 1 aromatic carbocycles. The summed E-state index contributed by atoms with van der Waals surface area (Å²) < 4.78 is 5.51. The molecule has 0 spiro atoms. The van der Waals surface area contributed by atoms with E-state index in [9.17, 15) is 4.79 Å². The van der Waals surface area contributed by atoms with Gasteiger partial charge in [0.15, 0.2) is 0 Å². The molecule has 0 aliphatic carbocycles. The van der Waals surface area contributed by atoms with E-state index in [1.807, 2.05) is 18.2 Å². The van der Waals surface area contributed by atoms with Gasteiger partial charge >= 0.3 is 0 Å². The third-order valence-corrected chi connectivity index (χ3v) is 2.54. The minimum atomic E-state index is -0.0356. The van der Waals surface area contributed by atoms with Crippen LogP contribution in [0.25, 0.3) is 10.9 Å². The number of benzene rings is 1. The second-order valence-corrected chi connectivity index (χ2v) is 3.44. The summed E-state index contributed by atoms with van der Waals surface area (Å²) in [6.45, 7) is 0.662. The molecule has 1 aliphatic heterocycles. The molecule has 2 aromatic rings. The molecule has 70 valence electrons. The van der Waals surface area contributed by atoms with Crippen molar-refractivity contribution in [1.82, 2.24) is 4.98 Å². The summed E-state index contributed by atoms with van der Waals surface area (Å²) in [6.07, 6.45) is 0.817. The van der Waals surface area contributed by atoms with Crippen molar-refractivity contribution in [3.8, 4) is 5.75 Å². The fourth-order valence-electron chi connectivity index (χ4n) is 1.95. The second kappa shape index (κ2) is 2.61. The van der Waals surface area contributed by atoms with E-state index in [4.69, 9.17) is 4.74 Å². The molecular formula is C11H9NO2. The van der Waals surface area contributed by atoms with E-state index in [1.165, 1.54) is 0 Å². The lowest BCUT2D eigenvalue weighted by atomic mass is 10.0. The van der Waals surface area contributed by atoms with Gasteiger partial charge in [-0.1, -0.05) is 6.07 Å². The molecule has 0 unspecified atom stereocenters. The molecule has 0 radical (unpaired) electrons. The van der Waals surface area contributed by atoms with Gasteiger partial charge in [-0.05, 0) is 17.7 Å². The largest absolute Gasteiger partial charge is 0.493 e. The Hall–Kier alpha value is -1.77. The van der Waals surface area contributed by atoms with Gasteiger partial charge < -0.3 is 9.72 Å². The normalized spacial score (nSPS) is 14.0. The van der Waals surface area contributed by atoms with Crippen molar-refractivity contribution < 1.29 is 4.74 Å². The lowest BCUT2D eigenvalue weighted by Gasteiger charge is -2.17. The Kier molecular flexibility index (Phi) is 1.42. The number of H-pyrrole nitrogens is 1. The topological polar surface area (TPSA) is 42.1 Å². The minimum absolute atomic E-state index is 0.0356. The maximum absolute atomic E-state index is 11.3. The first-order valence-electron chi connectivity index (χ1n) is 4.62. The molecule has 0 amide bonds. The molecule has 2 heterocycles. The minimum Gasteiger partial charge on any atom is -0.493 e. The fraction of sp³-hybridized carbons (Fsp3) is 0.182. The maximum atomic E-state index is 11.3. The van der Waals surface area contributed by atoms with Gasteiger partial charge in [0.2, 0.25) is 5.56 Å². The van der Waals surface area contributed by atoms with Crippen LogP contribution in [0.2, 0.25) is 0 Å². The lowest BCUT2D eigenvalue weighted by molar-refractivity contribution is 0.318. The van der Waals surface area contributed by atoms with Crippen LogP contribution in [0, 0.1) is 0 Å². The zero-order chi connectivity index (χ0) is 9.54. The predicted molar refractivity (Wildman–Crippen MR) is 53.8 cm³/mol. The lowest BCUT2D eigenvalue weighted by Crippen LogP contribution is -2.14. The maximum Gasteiger partial charge on any atom is 0.248 e. The molecule has 0 saturated heterocycles. The van der Waals surface area contributed by atoms with Crippen LogP contribution in [-0.4, -0.2) is 11.6 Å². The summed E-state index contributed by atoms with van der Waals surface area (Å²) >= 11 is 0. The van der Waals surface area contributed by atoms with E-state index in [1.54, 1.807) is 6.07 Å². The Morgan fingerprint density at radius 1 is 1.36 bits per heavy atom. The van der Waals surface area contributed by atoms with Crippen LogP contribution < -0.4 is 10.3 Å². The highest BCUT2D eigenvalue weighted by Crippen LogP contribution is 2.30. The Balaban J connectivity index is 2.54. The van der Waals surface area contributed by atoms with Gasteiger partial charge in [-0.25, -0.2) is 0 Å². The summed E-state index contributed by atoms with van der Waals surface area (Å²) in [4.78, 5) is 14.1. The van der Waals surface area contributed by atoms with Gasteiger partial charge in [-0.15, -0.1) is 0 Å². The van der Waals surface area contributed by atoms with Gasteiger partial charge in [0, 0.05) is 17.9 Å². The van der Waals surface area contributed by atoms with Crippen LogP contribution in [0.1, 0.15) is 5.56 Å². The van der Waals surface area contributed by atoms with Crippen LogP contribution in [-0.2, 0) is 6.42 Å². The fourth-order valence-corrected chi connectivity index (χ4v) is 1.95. The average Bonchev–Trinajstić information content (AvgIpc) is 2.18. The molecule has 0 atom stereocenters. The van der Waals surface area contributed by atoms with Crippen molar-refractivity contribution in [2.75, 3.05) is 6.61 Å². The van der Waals surface area contributed by atoms with E-state index in [-0.39, 0.29) is 5.56 Å². The Bertz CT molecular complexity index is 557. The van der Waals surface area contributed by atoms with Crippen LogP contribution in [0.3, 0.4) is 0 Å². The second-order valence-electron chi connectivity index (χ2n) is 3.44. The molecule has 3 rings (SSSR count). The highest BCUT2D eigenvalue weighted by molar-refractivity contribution is 5.88. The van der Waals surface area contributed by atoms with E-state index in [2.05, 4.69) is 4.98 Å². The summed E-state index contributed by atoms with van der Waals surface area (Å²) in [5.74, 6) is 0.875. The molecular weight excluding hydrogens is 178 g/mol. The molecule has 0 saturated carbocycles. The van der Waals surface area contributed by atoms with Gasteiger partial charge in [0.05, 0.1) is 12.1 Å². The summed E-state index contributed by atoms with van der Waals surface area (Å²) in [5, 5.41) is 1.05. The number of rotatable bonds is 0. The molecule has 1 aromatic heterocycles. The van der Waals surface area contributed by atoms with Crippen molar-refractivity contribution in [1.29, 1.82) is 0 Å². The highest BCUT2D eigenvalue weighted by Gasteiger charge is 2.13. The molecule has 14 heavy (non-hydrogen) atoms.